The quantitative estimate of drug-likeness (QED) is 0.526. The Balaban J connectivity index is 2.13. The van der Waals surface area contributed by atoms with Gasteiger partial charge < -0.3 is 0 Å². The molecule has 2 aromatic carbocycles. The first kappa shape index (κ1) is 14.2. The van der Waals surface area contributed by atoms with Crippen molar-refractivity contribution >= 4 is 16.5 Å². The van der Waals surface area contributed by atoms with Crippen LogP contribution in [0.5, 0.6) is 0 Å². The molecule has 0 saturated carbocycles. The van der Waals surface area contributed by atoms with Crippen LogP contribution in [0.25, 0.3) is 22.5 Å². The number of benzene rings is 2. The van der Waals surface area contributed by atoms with Crippen molar-refractivity contribution in [3.8, 4) is 22.5 Å². The Bertz CT molecular complexity index is 629. The molecule has 0 saturated heterocycles. The van der Waals surface area contributed by atoms with Gasteiger partial charge in [0.15, 0.2) is 0 Å². The molecule has 5 heteroatoms. The molecule has 0 aliphatic heterocycles. The molecule has 0 bridgehead atoms. The van der Waals surface area contributed by atoms with Crippen molar-refractivity contribution in [3.63, 3.8) is 0 Å². The van der Waals surface area contributed by atoms with Crippen LogP contribution in [-0.2, 0) is 21.8 Å². The number of hydrogen-bond acceptors (Lipinski definition) is 2. The second-order valence-electron chi connectivity index (χ2n) is 4.25. The second kappa shape index (κ2) is 6.79. The zero-order valence-electron chi connectivity index (χ0n) is 10.7. The summed E-state index contributed by atoms with van der Waals surface area (Å²) in [5.41, 5.74) is 4.34. The molecule has 0 aliphatic rings. The third-order valence-electron chi connectivity index (χ3n) is 2.98. The Hall–Kier alpha value is -0.775. The van der Waals surface area contributed by atoms with E-state index in [4.69, 9.17) is 13.2 Å². The molecule has 20 heavy (non-hydrogen) atoms. The topological polar surface area (TPSA) is 28.7 Å². The van der Waals surface area contributed by atoms with E-state index >= 15 is 0 Å². The van der Waals surface area contributed by atoms with Crippen LogP contribution >= 0.6 is 16.5 Å². The molecule has 0 spiro atoms. The molecule has 0 radical (unpaired) electrons. The predicted octanol–water partition coefficient (Wildman–Crippen LogP) is 4.99. The Morgan fingerprint density at radius 1 is 0.900 bits per heavy atom. The second-order valence-corrected chi connectivity index (χ2v) is 16.8. The number of nitrogens with zero attached hydrogens (tertiary/aromatic N) is 1. The summed E-state index contributed by atoms with van der Waals surface area (Å²) in [4.78, 5) is 8.15. The van der Waals surface area contributed by atoms with Crippen LogP contribution in [0.1, 0.15) is 0 Å². The van der Waals surface area contributed by atoms with E-state index in [0.29, 0.717) is 0 Å². The molecule has 0 unspecified atom stereocenters. The van der Waals surface area contributed by atoms with Crippen molar-refractivity contribution in [1.82, 2.24) is 9.97 Å². The summed E-state index contributed by atoms with van der Waals surface area (Å²) >= 11 is -1.33. The molecule has 0 amide bonds. The molecular formula is C15H11ClHgN2S. The molecule has 3 aromatic rings. The zero-order valence-corrected chi connectivity index (χ0v) is 17.8. The molecule has 2 nitrogen and oxygen atoms in total. The summed E-state index contributed by atoms with van der Waals surface area (Å²) in [6.07, 6.45) is 0. The van der Waals surface area contributed by atoms with Gasteiger partial charge in [0, 0.05) is 0 Å². The summed E-state index contributed by atoms with van der Waals surface area (Å²) in [5, 5.41) is 0.944. The van der Waals surface area contributed by atoms with E-state index in [2.05, 4.69) is 29.2 Å². The zero-order chi connectivity index (χ0) is 13.8. The van der Waals surface area contributed by atoms with E-state index in [0.717, 1.165) is 27.7 Å². The van der Waals surface area contributed by atoms with Crippen LogP contribution < -0.4 is 0 Å². The first-order valence-electron chi connectivity index (χ1n) is 6.28. The van der Waals surface area contributed by atoms with Gasteiger partial charge in [-0.25, -0.2) is 0 Å². The van der Waals surface area contributed by atoms with Gasteiger partial charge in [-0.15, -0.1) is 0 Å². The molecule has 0 aliphatic carbocycles. The minimum atomic E-state index is -1.33. The number of nitrogens with one attached hydrogen (secondary N) is 1. The third-order valence-corrected chi connectivity index (χ3v) is 10.9. The van der Waals surface area contributed by atoms with Crippen molar-refractivity contribution in [3.05, 3.63) is 60.7 Å². The van der Waals surface area contributed by atoms with E-state index in [1.807, 2.05) is 36.4 Å². The predicted molar refractivity (Wildman–Crippen MR) is 81.2 cm³/mol. The first-order valence-corrected chi connectivity index (χ1v) is 20.8. The summed E-state index contributed by atoms with van der Waals surface area (Å²) in [7, 11) is 7.74. The summed E-state index contributed by atoms with van der Waals surface area (Å²) < 4.78 is 0. The van der Waals surface area contributed by atoms with Gasteiger partial charge in [-0.2, -0.15) is 0 Å². The molecule has 1 aromatic heterocycles. The monoisotopic (exact) mass is 488 g/mol. The van der Waals surface area contributed by atoms with Gasteiger partial charge in [0.05, 0.1) is 0 Å². The average molecular weight is 487 g/mol. The fourth-order valence-electron chi connectivity index (χ4n) is 2.09. The first-order chi connectivity index (χ1) is 9.88. The molecule has 0 fully saturated rings. The van der Waals surface area contributed by atoms with Crippen molar-refractivity contribution in [2.24, 2.45) is 0 Å². The Labute approximate surface area is 136 Å². The number of aromatic nitrogens is 2. The van der Waals surface area contributed by atoms with Crippen LogP contribution in [0.2, 0.25) is 0 Å². The van der Waals surface area contributed by atoms with Crippen LogP contribution in [0.3, 0.4) is 0 Å². The molecular weight excluding hydrogens is 476 g/mol. The number of halogens is 1. The summed E-state index contributed by atoms with van der Waals surface area (Å²) in [5.74, 6) is 0. The summed E-state index contributed by atoms with van der Waals surface area (Å²) in [6, 6.07) is 20.6. The van der Waals surface area contributed by atoms with Crippen LogP contribution in [0.15, 0.2) is 65.8 Å². The number of H-pyrrole nitrogens is 1. The van der Waals surface area contributed by atoms with Gasteiger partial charge in [-0.05, 0) is 0 Å². The normalized spacial score (nSPS) is 10.2. The van der Waals surface area contributed by atoms with Gasteiger partial charge in [-0.1, -0.05) is 0 Å². The standard InChI is InChI=1S/C15H12N2S.ClH.Hg/c18-15-16-13(11-7-3-1-4-8-11)14(17-15)12-9-5-2-6-10-12;;/h1-10H,(H2,16,17,18);1H;/q;;+2/p-2. The number of imidazole rings is 1. The van der Waals surface area contributed by atoms with Crippen LogP contribution in [-0.4, -0.2) is 9.97 Å². The average Bonchev–Trinajstić information content (AvgIpc) is 2.93. The van der Waals surface area contributed by atoms with E-state index in [1.165, 1.54) is 0 Å². The van der Waals surface area contributed by atoms with Crippen molar-refractivity contribution in [2.75, 3.05) is 0 Å². The van der Waals surface area contributed by atoms with Crippen LogP contribution in [0, 0.1) is 0 Å². The minimum absolute atomic E-state index is 0.944. The fourth-order valence-corrected chi connectivity index (χ4v) is 8.04. The van der Waals surface area contributed by atoms with E-state index < -0.39 is 21.8 Å². The Morgan fingerprint density at radius 2 is 1.50 bits per heavy atom. The maximum absolute atomic E-state index is 6.01. The SMILES string of the molecule is [Cl][Hg][S]c1nc(-c2ccccc2)c(-c2ccccc2)[nH]1. The third kappa shape index (κ3) is 3.10. The van der Waals surface area contributed by atoms with E-state index in [1.54, 1.807) is 8.24 Å². The van der Waals surface area contributed by atoms with Gasteiger partial charge >= 0.3 is 137 Å². The van der Waals surface area contributed by atoms with Gasteiger partial charge in [0.1, 0.15) is 0 Å². The molecule has 0 atom stereocenters. The molecule has 1 heterocycles. The van der Waals surface area contributed by atoms with Gasteiger partial charge in [0.2, 0.25) is 0 Å². The Kier molecular flexibility index (Phi) is 4.81. The Morgan fingerprint density at radius 3 is 2.10 bits per heavy atom. The maximum atomic E-state index is 6.01. The van der Waals surface area contributed by atoms with E-state index in [9.17, 15) is 0 Å². The summed E-state index contributed by atoms with van der Waals surface area (Å²) in [6.45, 7) is 0. The van der Waals surface area contributed by atoms with Gasteiger partial charge in [0.25, 0.3) is 0 Å². The number of rotatable bonds is 4. The molecule has 1 N–H and O–H groups in total. The van der Waals surface area contributed by atoms with Gasteiger partial charge in [-0.3, -0.25) is 0 Å². The molecule has 3 rings (SSSR count). The van der Waals surface area contributed by atoms with Crippen LogP contribution in [0.4, 0.5) is 0 Å². The van der Waals surface area contributed by atoms with Crippen molar-refractivity contribution < 1.29 is 21.8 Å². The molecule has 96 valence electrons. The van der Waals surface area contributed by atoms with Crippen molar-refractivity contribution in [2.45, 2.75) is 5.16 Å². The fraction of sp³-hybridized carbons (Fsp3) is 0. The number of hydrogen-bond donors (Lipinski definition) is 1. The van der Waals surface area contributed by atoms with E-state index in [-0.39, 0.29) is 0 Å². The van der Waals surface area contributed by atoms with Crippen molar-refractivity contribution in [1.29, 1.82) is 0 Å². The number of aromatic amines is 1.